The number of ketones is 1. The van der Waals surface area contributed by atoms with Gasteiger partial charge < -0.3 is 9.26 Å². The lowest BCUT2D eigenvalue weighted by atomic mass is 10.0. The quantitative estimate of drug-likeness (QED) is 0.742. The van der Waals surface area contributed by atoms with Gasteiger partial charge in [0.15, 0.2) is 5.82 Å². The summed E-state index contributed by atoms with van der Waals surface area (Å²) in [6.45, 7) is 6.17. The largest absolute Gasteiger partial charge is 0.380 e. The second-order valence-electron chi connectivity index (χ2n) is 5.69. The molecule has 0 amide bonds. The van der Waals surface area contributed by atoms with Gasteiger partial charge in [-0.3, -0.25) is 14.6 Å². The molecule has 108 valence electrons. The van der Waals surface area contributed by atoms with Gasteiger partial charge in [-0.05, 0) is 0 Å². The number of carbonyl (C=O) groups is 1. The summed E-state index contributed by atoms with van der Waals surface area (Å²) in [5.74, 6) is 0.895. The first-order chi connectivity index (χ1) is 9.81. The second kappa shape index (κ2) is 4.91. The van der Waals surface area contributed by atoms with Crippen molar-refractivity contribution < 1.29 is 14.1 Å². The molecule has 0 radical (unpaired) electrons. The van der Waals surface area contributed by atoms with Crippen molar-refractivity contribution in [2.24, 2.45) is 0 Å². The minimum atomic E-state index is -0.374. The van der Waals surface area contributed by atoms with Crippen molar-refractivity contribution in [1.82, 2.24) is 19.9 Å². The zero-order chi connectivity index (χ0) is 13.5. The summed E-state index contributed by atoms with van der Waals surface area (Å²) in [6.07, 6.45) is 0.436. The SMILES string of the molecule is O=C1CCOCC1c1nc(C2CN3CCN2CC3)no1. The van der Waals surface area contributed by atoms with Crippen LogP contribution in [0.5, 0.6) is 0 Å². The maximum Gasteiger partial charge on any atom is 0.239 e. The van der Waals surface area contributed by atoms with E-state index in [1.807, 2.05) is 0 Å². The maximum atomic E-state index is 11.9. The highest BCUT2D eigenvalue weighted by Gasteiger charge is 2.37. The predicted molar refractivity (Wildman–Crippen MR) is 68.2 cm³/mol. The number of nitrogens with zero attached hydrogens (tertiary/aromatic N) is 4. The lowest BCUT2D eigenvalue weighted by Crippen LogP contribution is -2.57. The van der Waals surface area contributed by atoms with Crippen molar-refractivity contribution >= 4 is 5.78 Å². The van der Waals surface area contributed by atoms with Gasteiger partial charge in [-0.2, -0.15) is 4.98 Å². The van der Waals surface area contributed by atoms with Crippen molar-refractivity contribution in [2.45, 2.75) is 18.4 Å². The Hall–Kier alpha value is -1.31. The Morgan fingerprint density at radius 2 is 2.05 bits per heavy atom. The molecule has 0 spiro atoms. The van der Waals surface area contributed by atoms with Gasteiger partial charge in [0.05, 0.1) is 19.3 Å². The minimum absolute atomic E-state index is 0.140. The first-order valence-corrected chi connectivity index (χ1v) is 7.21. The molecule has 2 unspecified atom stereocenters. The van der Waals surface area contributed by atoms with Crippen LogP contribution in [-0.2, 0) is 9.53 Å². The van der Waals surface area contributed by atoms with Crippen LogP contribution in [-0.4, -0.2) is 71.7 Å². The van der Waals surface area contributed by atoms with Crippen LogP contribution in [0.2, 0.25) is 0 Å². The Morgan fingerprint density at radius 3 is 2.75 bits per heavy atom. The molecule has 5 rings (SSSR count). The van der Waals surface area contributed by atoms with E-state index in [0.29, 0.717) is 31.3 Å². The van der Waals surface area contributed by atoms with Crippen molar-refractivity contribution in [1.29, 1.82) is 0 Å². The molecule has 0 saturated carbocycles. The van der Waals surface area contributed by atoms with Gasteiger partial charge in [0.1, 0.15) is 11.7 Å². The summed E-state index contributed by atoms with van der Waals surface area (Å²) in [6, 6.07) is 0.203. The van der Waals surface area contributed by atoms with E-state index in [-0.39, 0.29) is 17.7 Å². The summed E-state index contributed by atoms with van der Waals surface area (Å²) in [5, 5.41) is 4.11. The predicted octanol–water partition coefficient (Wildman–Crippen LogP) is -0.185. The second-order valence-corrected chi connectivity index (χ2v) is 5.69. The van der Waals surface area contributed by atoms with Crippen LogP contribution < -0.4 is 0 Å². The van der Waals surface area contributed by atoms with Crippen molar-refractivity contribution in [3.8, 4) is 0 Å². The highest BCUT2D eigenvalue weighted by Crippen LogP contribution is 2.28. The van der Waals surface area contributed by atoms with E-state index in [9.17, 15) is 4.79 Å². The van der Waals surface area contributed by atoms with Crippen molar-refractivity contribution in [3.63, 3.8) is 0 Å². The van der Waals surface area contributed by atoms with Gasteiger partial charge in [-0.25, -0.2) is 0 Å². The number of rotatable bonds is 2. The topological polar surface area (TPSA) is 71.7 Å². The Balaban J connectivity index is 1.54. The van der Waals surface area contributed by atoms with Crippen LogP contribution in [0, 0.1) is 0 Å². The normalized spacial score (nSPS) is 37.3. The number of aromatic nitrogens is 2. The zero-order valence-electron chi connectivity index (χ0n) is 11.3. The van der Waals surface area contributed by atoms with E-state index >= 15 is 0 Å². The Bertz CT molecular complexity index is 509. The number of ether oxygens (including phenoxy) is 1. The van der Waals surface area contributed by atoms with Crippen molar-refractivity contribution in [2.75, 3.05) is 45.9 Å². The molecule has 5 heterocycles. The van der Waals surface area contributed by atoms with Crippen LogP contribution in [0.15, 0.2) is 4.52 Å². The molecule has 4 aliphatic rings. The number of hydrogen-bond acceptors (Lipinski definition) is 7. The van der Waals surface area contributed by atoms with Gasteiger partial charge in [0, 0.05) is 39.1 Å². The van der Waals surface area contributed by atoms with Crippen LogP contribution in [0.1, 0.15) is 30.1 Å². The minimum Gasteiger partial charge on any atom is -0.380 e. The van der Waals surface area contributed by atoms with E-state index in [1.165, 1.54) is 0 Å². The van der Waals surface area contributed by atoms with E-state index in [4.69, 9.17) is 9.26 Å². The zero-order valence-corrected chi connectivity index (χ0v) is 11.3. The molecule has 1 aromatic heterocycles. The fourth-order valence-electron chi connectivity index (χ4n) is 3.24. The fourth-order valence-corrected chi connectivity index (χ4v) is 3.24. The maximum absolute atomic E-state index is 11.9. The molecule has 0 aliphatic carbocycles. The Morgan fingerprint density at radius 1 is 1.20 bits per heavy atom. The van der Waals surface area contributed by atoms with Crippen LogP contribution in [0.3, 0.4) is 0 Å². The van der Waals surface area contributed by atoms with Gasteiger partial charge >= 0.3 is 0 Å². The lowest BCUT2D eigenvalue weighted by molar-refractivity contribution is -0.127. The number of Topliss-reactive ketones (excluding diaryl/α,β-unsaturated/α-hetero) is 1. The Labute approximate surface area is 116 Å². The molecule has 0 N–H and O–H groups in total. The first kappa shape index (κ1) is 12.4. The first-order valence-electron chi connectivity index (χ1n) is 7.21. The smallest absolute Gasteiger partial charge is 0.239 e. The highest BCUT2D eigenvalue weighted by atomic mass is 16.5. The molecule has 4 saturated heterocycles. The summed E-state index contributed by atoms with van der Waals surface area (Å²) >= 11 is 0. The molecule has 2 bridgehead atoms. The molecule has 2 atom stereocenters. The molecule has 4 aliphatic heterocycles. The molecular weight excluding hydrogens is 260 g/mol. The molecule has 0 aromatic carbocycles. The van der Waals surface area contributed by atoms with Crippen LogP contribution in [0.25, 0.3) is 0 Å². The highest BCUT2D eigenvalue weighted by molar-refractivity contribution is 5.85. The Kier molecular flexibility index (Phi) is 3.05. The molecule has 7 nitrogen and oxygen atoms in total. The molecule has 7 heteroatoms. The van der Waals surface area contributed by atoms with Gasteiger partial charge in [0.2, 0.25) is 5.89 Å². The third-order valence-corrected chi connectivity index (χ3v) is 4.50. The van der Waals surface area contributed by atoms with E-state index in [1.54, 1.807) is 0 Å². The van der Waals surface area contributed by atoms with Gasteiger partial charge in [-0.15, -0.1) is 0 Å². The van der Waals surface area contributed by atoms with Crippen molar-refractivity contribution in [3.05, 3.63) is 11.7 Å². The summed E-state index contributed by atoms with van der Waals surface area (Å²) in [5.41, 5.74) is 0. The third-order valence-electron chi connectivity index (χ3n) is 4.50. The van der Waals surface area contributed by atoms with Crippen LogP contribution in [0.4, 0.5) is 0 Å². The van der Waals surface area contributed by atoms with Crippen LogP contribution >= 0.6 is 0 Å². The number of carbonyl (C=O) groups excluding carboxylic acids is 1. The average Bonchev–Trinajstić information content (AvgIpc) is 2.98. The molecule has 4 fully saturated rings. The average molecular weight is 278 g/mol. The van der Waals surface area contributed by atoms with Gasteiger partial charge in [-0.1, -0.05) is 5.16 Å². The van der Waals surface area contributed by atoms with E-state index < -0.39 is 0 Å². The van der Waals surface area contributed by atoms with E-state index in [2.05, 4.69) is 19.9 Å². The number of fused-ring (bicyclic) bond motifs is 3. The standard InChI is InChI=1S/C13H18N4O3/c18-11-1-6-19-8-9(11)13-14-12(15-20-13)10-7-16-2-4-17(10)5-3-16/h9-10H,1-8H2. The monoisotopic (exact) mass is 278 g/mol. The van der Waals surface area contributed by atoms with Gasteiger partial charge in [0.25, 0.3) is 0 Å². The molecule has 1 aromatic rings. The summed E-state index contributed by atoms with van der Waals surface area (Å²) in [7, 11) is 0. The van der Waals surface area contributed by atoms with E-state index in [0.717, 1.165) is 32.7 Å². The summed E-state index contributed by atoms with van der Waals surface area (Å²) in [4.78, 5) is 21.2. The number of piperazine rings is 3. The lowest BCUT2D eigenvalue weighted by Gasteiger charge is -2.46. The molecule has 20 heavy (non-hydrogen) atoms. The third kappa shape index (κ3) is 2.06. The molecular formula is C13H18N4O3. The fraction of sp³-hybridized carbons (Fsp3) is 0.769. The summed E-state index contributed by atoms with van der Waals surface area (Å²) < 4.78 is 10.7. The number of hydrogen-bond donors (Lipinski definition) is 0.